The van der Waals surface area contributed by atoms with Gasteiger partial charge in [0.15, 0.2) is 0 Å². The van der Waals surface area contributed by atoms with Gasteiger partial charge in [-0.05, 0) is 69.9 Å². The van der Waals surface area contributed by atoms with Crippen LogP contribution in [0, 0.1) is 5.92 Å². The number of hydrogen-bond acceptors (Lipinski definition) is 6. The number of likely N-dealkylation sites (tertiary alicyclic amines) is 1. The molecule has 0 aliphatic carbocycles. The number of benzene rings is 2. The van der Waals surface area contributed by atoms with Crippen LogP contribution >= 0.6 is 15.9 Å². The number of aromatic nitrogens is 1. The van der Waals surface area contributed by atoms with Gasteiger partial charge in [0, 0.05) is 11.8 Å². The Hall–Kier alpha value is -3.65. The number of rotatable bonds is 8. The number of carbonyl (C=O) groups is 2. The van der Waals surface area contributed by atoms with Gasteiger partial charge in [0.2, 0.25) is 0 Å². The Bertz CT molecular complexity index is 1310. The van der Waals surface area contributed by atoms with E-state index in [1.54, 1.807) is 36.5 Å². The zero-order valence-corrected chi connectivity index (χ0v) is 21.9. The van der Waals surface area contributed by atoms with Gasteiger partial charge in [-0.25, -0.2) is 0 Å². The average molecular weight is 551 g/mol. The summed E-state index contributed by atoms with van der Waals surface area (Å²) in [6.45, 7) is 4.74. The predicted molar refractivity (Wildman–Crippen MR) is 140 cm³/mol. The topological polar surface area (TPSA) is 89.0 Å². The minimum atomic E-state index is -0.824. The van der Waals surface area contributed by atoms with Gasteiger partial charge in [0.05, 0.1) is 42.0 Å². The highest BCUT2D eigenvalue weighted by atomic mass is 79.9. The first-order valence-electron chi connectivity index (χ1n) is 11.5. The Balaban J connectivity index is 1.84. The van der Waals surface area contributed by atoms with Crippen molar-refractivity contribution in [3.05, 3.63) is 93.7 Å². The molecule has 0 bridgehead atoms. The molecule has 186 valence electrons. The van der Waals surface area contributed by atoms with Crippen LogP contribution < -0.4 is 9.47 Å². The number of hydrogen-bond donors (Lipinski definition) is 1. The van der Waals surface area contributed by atoms with Gasteiger partial charge in [0.25, 0.3) is 11.7 Å². The van der Waals surface area contributed by atoms with Crippen molar-refractivity contribution in [1.29, 1.82) is 0 Å². The molecule has 1 amide bonds. The zero-order valence-electron chi connectivity index (χ0n) is 20.3. The molecule has 1 aromatic heterocycles. The van der Waals surface area contributed by atoms with Crippen molar-refractivity contribution in [3.63, 3.8) is 0 Å². The molecule has 1 aliphatic heterocycles. The number of methoxy groups -OCH3 is 1. The molecule has 2 heterocycles. The molecule has 36 heavy (non-hydrogen) atoms. The van der Waals surface area contributed by atoms with Gasteiger partial charge in [0.1, 0.15) is 17.3 Å². The Morgan fingerprint density at radius 2 is 1.92 bits per heavy atom. The zero-order chi connectivity index (χ0) is 25.8. The third-order valence-electron chi connectivity index (χ3n) is 5.78. The molecule has 2 aromatic carbocycles. The van der Waals surface area contributed by atoms with E-state index in [0.717, 1.165) is 0 Å². The van der Waals surface area contributed by atoms with Crippen molar-refractivity contribution in [1.82, 2.24) is 9.88 Å². The number of ketones is 1. The Kier molecular flexibility index (Phi) is 7.74. The molecule has 1 fully saturated rings. The first kappa shape index (κ1) is 25.4. The third kappa shape index (κ3) is 5.28. The second-order valence-corrected chi connectivity index (χ2v) is 9.73. The number of halogens is 1. The second kappa shape index (κ2) is 11.0. The van der Waals surface area contributed by atoms with Crippen molar-refractivity contribution in [2.45, 2.75) is 26.4 Å². The number of nitrogens with zero attached hydrogens (tertiary/aromatic N) is 2. The lowest BCUT2D eigenvalue weighted by atomic mass is 9.95. The molecule has 4 rings (SSSR count). The van der Waals surface area contributed by atoms with Crippen molar-refractivity contribution in [3.8, 4) is 11.5 Å². The fourth-order valence-electron chi connectivity index (χ4n) is 4.06. The molecule has 7 nitrogen and oxygen atoms in total. The molecule has 0 spiro atoms. The number of aliphatic hydroxyl groups is 1. The van der Waals surface area contributed by atoms with Crippen molar-refractivity contribution < 1.29 is 24.2 Å². The average Bonchev–Trinajstić information content (AvgIpc) is 3.12. The quantitative estimate of drug-likeness (QED) is 0.226. The molecule has 8 heteroatoms. The van der Waals surface area contributed by atoms with Crippen molar-refractivity contribution >= 4 is 33.4 Å². The lowest BCUT2D eigenvalue weighted by Gasteiger charge is -2.25. The minimum absolute atomic E-state index is 0.00834. The van der Waals surface area contributed by atoms with Crippen LogP contribution in [0.15, 0.2) is 76.9 Å². The summed E-state index contributed by atoms with van der Waals surface area (Å²) in [6.07, 6.45) is 1.64. The molecule has 0 saturated carbocycles. The molecule has 1 aliphatic rings. The fraction of sp³-hybridized carbons (Fsp3) is 0.250. The summed E-state index contributed by atoms with van der Waals surface area (Å²) in [5.41, 5.74) is 1.68. The van der Waals surface area contributed by atoms with Crippen LogP contribution in [0.4, 0.5) is 0 Å². The van der Waals surface area contributed by atoms with Crippen LogP contribution in [0.3, 0.4) is 0 Å². The molecule has 1 N–H and O–H groups in total. The summed E-state index contributed by atoms with van der Waals surface area (Å²) in [7, 11) is 1.54. The molecular formula is C28H27BrN2O5. The van der Waals surface area contributed by atoms with Crippen LogP contribution in [-0.4, -0.2) is 40.4 Å². The summed E-state index contributed by atoms with van der Waals surface area (Å²) < 4.78 is 11.8. The van der Waals surface area contributed by atoms with E-state index in [1.807, 2.05) is 30.3 Å². The molecular weight excluding hydrogens is 524 g/mol. The molecule has 1 atom stereocenters. The lowest BCUT2D eigenvalue weighted by Crippen LogP contribution is -2.29. The number of ether oxygens (including phenoxy) is 2. The second-order valence-electron chi connectivity index (χ2n) is 8.87. The van der Waals surface area contributed by atoms with E-state index in [1.165, 1.54) is 12.0 Å². The highest BCUT2D eigenvalue weighted by molar-refractivity contribution is 9.10. The van der Waals surface area contributed by atoms with Crippen LogP contribution in [-0.2, 0) is 16.1 Å². The maximum Gasteiger partial charge on any atom is 0.296 e. The van der Waals surface area contributed by atoms with Gasteiger partial charge >= 0.3 is 0 Å². The van der Waals surface area contributed by atoms with Gasteiger partial charge in [-0.2, -0.15) is 0 Å². The van der Waals surface area contributed by atoms with E-state index in [-0.39, 0.29) is 17.9 Å². The van der Waals surface area contributed by atoms with Crippen LogP contribution in [0.5, 0.6) is 11.5 Å². The van der Waals surface area contributed by atoms with Crippen molar-refractivity contribution in [2.24, 2.45) is 5.92 Å². The molecule has 1 saturated heterocycles. The fourth-order valence-corrected chi connectivity index (χ4v) is 4.60. The Labute approximate surface area is 218 Å². The van der Waals surface area contributed by atoms with Gasteiger partial charge in [-0.15, -0.1) is 0 Å². The van der Waals surface area contributed by atoms with E-state index in [9.17, 15) is 14.7 Å². The van der Waals surface area contributed by atoms with Crippen molar-refractivity contribution in [2.75, 3.05) is 13.7 Å². The highest BCUT2D eigenvalue weighted by Crippen LogP contribution is 2.41. The first-order valence-corrected chi connectivity index (χ1v) is 12.3. The highest BCUT2D eigenvalue weighted by Gasteiger charge is 2.46. The van der Waals surface area contributed by atoms with Crippen LogP contribution in [0.25, 0.3) is 5.76 Å². The van der Waals surface area contributed by atoms with Gasteiger partial charge < -0.3 is 19.5 Å². The minimum Gasteiger partial charge on any atom is -0.507 e. The maximum atomic E-state index is 13.3. The van der Waals surface area contributed by atoms with E-state index in [0.29, 0.717) is 45.3 Å². The number of amides is 1. The van der Waals surface area contributed by atoms with Crippen LogP contribution in [0.2, 0.25) is 0 Å². The number of pyridine rings is 1. The molecule has 0 radical (unpaired) electrons. The number of carbonyl (C=O) groups excluding carboxylic acids is 2. The summed E-state index contributed by atoms with van der Waals surface area (Å²) in [4.78, 5) is 32.3. The van der Waals surface area contributed by atoms with E-state index < -0.39 is 17.7 Å². The summed E-state index contributed by atoms with van der Waals surface area (Å²) in [6, 6.07) is 16.8. The van der Waals surface area contributed by atoms with E-state index in [2.05, 4.69) is 34.8 Å². The first-order chi connectivity index (χ1) is 17.3. The third-order valence-corrected chi connectivity index (χ3v) is 6.40. The van der Waals surface area contributed by atoms with Gasteiger partial charge in [-0.3, -0.25) is 14.6 Å². The summed E-state index contributed by atoms with van der Waals surface area (Å²) in [5, 5.41) is 11.3. The summed E-state index contributed by atoms with van der Waals surface area (Å²) >= 11 is 3.42. The largest absolute Gasteiger partial charge is 0.507 e. The number of aliphatic hydroxyl groups excluding tert-OH is 1. The lowest BCUT2D eigenvalue weighted by molar-refractivity contribution is -0.140. The molecule has 1 unspecified atom stereocenters. The standard InChI is InChI=1S/C28H27BrN2O5/c1-17(2)16-36-21-9-6-7-18(13-21)25-24(26(32)19-10-11-23(35-3)22(29)14-19)27(33)28(34)31(25)15-20-8-4-5-12-30-20/h4-14,17,25,32H,15-16H2,1-3H3/b26-24+. The Morgan fingerprint density at radius 1 is 1.11 bits per heavy atom. The molecule has 3 aromatic rings. The smallest absolute Gasteiger partial charge is 0.296 e. The maximum absolute atomic E-state index is 13.3. The summed E-state index contributed by atoms with van der Waals surface area (Å²) in [5.74, 6) is -0.191. The monoisotopic (exact) mass is 550 g/mol. The number of Topliss-reactive ketones (excluding diaryl/α,β-unsaturated/α-hetero) is 1. The van der Waals surface area contributed by atoms with E-state index >= 15 is 0 Å². The predicted octanol–water partition coefficient (Wildman–Crippen LogP) is 5.51. The normalized spacial score (nSPS) is 17.0. The van der Waals surface area contributed by atoms with E-state index in [4.69, 9.17) is 9.47 Å². The van der Waals surface area contributed by atoms with Crippen LogP contribution in [0.1, 0.15) is 36.7 Å². The SMILES string of the molecule is COc1ccc(/C(O)=C2\C(=O)C(=O)N(Cc3ccccn3)C2c2cccc(OCC(C)C)c2)cc1Br. The Morgan fingerprint density at radius 3 is 2.58 bits per heavy atom. The van der Waals surface area contributed by atoms with Gasteiger partial charge in [-0.1, -0.05) is 32.0 Å².